The summed E-state index contributed by atoms with van der Waals surface area (Å²) in [6, 6.07) is 5.63. The topological polar surface area (TPSA) is 58.4 Å². The molecule has 0 radical (unpaired) electrons. The van der Waals surface area contributed by atoms with Gasteiger partial charge in [0.25, 0.3) is 0 Å². The summed E-state index contributed by atoms with van der Waals surface area (Å²) < 4.78 is 0.937. The number of carbonyl (C=O) groups is 1. The molecule has 4 nitrogen and oxygen atoms in total. The van der Waals surface area contributed by atoms with Crippen LogP contribution in [-0.2, 0) is 4.79 Å². The number of nitrogens with zero attached hydrogens (tertiary/aromatic N) is 1. The summed E-state index contributed by atoms with van der Waals surface area (Å²) in [5, 5.41) is 2.60. The zero-order valence-corrected chi connectivity index (χ0v) is 11.0. The van der Waals surface area contributed by atoms with Gasteiger partial charge < -0.3 is 16.0 Å². The van der Waals surface area contributed by atoms with E-state index in [-0.39, 0.29) is 5.91 Å². The SMILES string of the molecule is CNC(=O)CCN(C)c1ccc(N)cc1Br. The van der Waals surface area contributed by atoms with Gasteiger partial charge in [0.2, 0.25) is 5.91 Å². The molecule has 0 aromatic heterocycles. The summed E-state index contributed by atoms with van der Waals surface area (Å²) in [5.41, 5.74) is 7.40. The van der Waals surface area contributed by atoms with Crippen LogP contribution in [0.2, 0.25) is 0 Å². The largest absolute Gasteiger partial charge is 0.399 e. The zero-order chi connectivity index (χ0) is 12.1. The first kappa shape index (κ1) is 12.8. The van der Waals surface area contributed by atoms with Crippen LogP contribution in [0.25, 0.3) is 0 Å². The van der Waals surface area contributed by atoms with Crippen molar-refractivity contribution in [2.24, 2.45) is 0 Å². The van der Waals surface area contributed by atoms with Gasteiger partial charge in [0.05, 0.1) is 5.69 Å². The van der Waals surface area contributed by atoms with E-state index in [2.05, 4.69) is 21.2 Å². The minimum absolute atomic E-state index is 0.0402. The lowest BCUT2D eigenvalue weighted by Crippen LogP contribution is -2.26. The molecule has 0 unspecified atom stereocenters. The molecule has 0 spiro atoms. The predicted octanol–water partition coefficient (Wildman–Crippen LogP) is 1.60. The lowest BCUT2D eigenvalue weighted by atomic mass is 10.2. The molecule has 0 saturated carbocycles. The minimum atomic E-state index is 0.0402. The number of halogens is 1. The molecule has 0 fully saturated rings. The number of rotatable bonds is 4. The van der Waals surface area contributed by atoms with Crippen molar-refractivity contribution in [3.05, 3.63) is 22.7 Å². The number of anilines is 2. The normalized spacial score (nSPS) is 9.94. The molecule has 0 heterocycles. The van der Waals surface area contributed by atoms with Crippen LogP contribution in [-0.4, -0.2) is 26.5 Å². The number of nitrogens with two attached hydrogens (primary N) is 1. The van der Waals surface area contributed by atoms with Gasteiger partial charge in [-0.2, -0.15) is 0 Å². The van der Waals surface area contributed by atoms with E-state index in [9.17, 15) is 4.79 Å². The smallest absolute Gasteiger partial charge is 0.221 e. The van der Waals surface area contributed by atoms with Gasteiger partial charge in [0.1, 0.15) is 0 Å². The van der Waals surface area contributed by atoms with Gasteiger partial charge in [-0.05, 0) is 34.1 Å². The van der Waals surface area contributed by atoms with E-state index >= 15 is 0 Å². The molecule has 0 bridgehead atoms. The Morgan fingerprint density at radius 2 is 2.25 bits per heavy atom. The second-order valence-electron chi connectivity index (χ2n) is 3.56. The molecule has 16 heavy (non-hydrogen) atoms. The maximum absolute atomic E-state index is 11.1. The van der Waals surface area contributed by atoms with E-state index in [1.54, 1.807) is 7.05 Å². The third-order valence-electron chi connectivity index (χ3n) is 2.34. The number of carbonyl (C=O) groups excluding carboxylic acids is 1. The highest BCUT2D eigenvalue weighted by molar-refractivity contribution is 9.10. The maximum Gasteiger partial charge on any atom is 0.221 e. The Kier molecular flexibility index (Phi) is 4.61. The van der Waals surface area contributed by atoms with Crippen molar-refractivity contribution in [1.29, 1.82) is 0 Å². The fourth-order valence-electron chi connectivity index (χ4n) is 1.35. The Bertz CT molecular complexity index is 381. The van der Waals surface area contributed by atoms with Crippen molar-refractivity contribution < 1.29 is 4.79 Å². The zero-order valence-electron chi connectivity index (χ0n) is 9.46. The summed E-state index contributed by atoms with van der Waals surface area (Å²) in [6.45, 7) is 0.669. The molecular formula is C11H16BrN3O. The van der Waals surface area contributed by atoms with Gasteiger partial charge in [-0.3, -0.25) is 4.79 Å². The number of nitrogen functional groups attached to an aromatic ring is 1. The first-order chi connectivity index (χ1) is 7.54. The highest BCUT2D eigenvalue weighted by atomic mass is 79.9. The lowest BCUT2D eigenvalue weighted by molar-refractivity contribution is -0.120. The van der Waals surface area contributed by atoms with Crippen molar-refractivity contribution in [2.45, 2.75) is 6.42 Å². The Hall–Kier alpha value is -1.23. The van der Waals surface area contributed by atoms with Crippen LogP contribution in [0.4, 0.5) is 11.4 Å². The van der Waals surface area contributed by atoms with Crippen LogP contribution in [0.15, 0.2) is 22.7 Å². The Labute approximate surface area is 104 Å². The van der Waals surface area contributed by atoms with Crippen molar-refractivity contribution in [3.8, 4) is 0 Å². The molecule has 0 aliphatic rings. The van der Waals surface area contributed by atoms with E-state index in [4.69, 9.17) is 5.73 Å². The van der Waals surface area contributed by atoms with Crippen molar-refractivity contribution in [1.82, 2.24) is 5.32 Å². The fraction of sp³-hybridized carbons (Fsp3) is 0.364. The number of amides is 1. The van der Waals surface area contributed by atoms with E-state index < -0.39 is 0 Å². The number of hydrogen-bond donors (Lipinski definition) is 2. The molecular weight excluding hydrogens is 270 g/mol. The summed E-state index contributed by atoms with van der Waals surface area (Å²) in [4.78, 5) is 13.1. The minimum Gasteiger partial charge on any atom is -0.399 e. The van der Waals surface area contributed by atoms with E-state index in [1.165, 1.54) is 0 Å². The van der Waals surface area contributed by atoms with Crippen molar-refractivity contribution in [2.75, 3.05) is 31.3 Å². The molecule has 5 heteroatoms. The highest BCUT2D eigenvalue weighted by Gasteiger charge is 2.07. The van der Waals surface area contributed by atoms with E-state index in [1.807, 2.05) is 30.1 Å². The summed E-state index contributed by atoms with van der Waals surface area (Å²) >= 11 is 3.45. The van der Waals surface area contributed by atoms with Gasteiger partial charge in [-0.15, -0.1) is 0 Å². The Balaban J connectivity index is 2.65. The van der Waals surface area contributed by atoms with E-state index in [0.29, 0.717) is 13.0 Å². The van der Waals surface area contributed by atoms with Crippen LogP contribution >= 0.6 is 15.9 Å². The number of nitrogens with one attached hydrogen (secondary N) is 1. The molecule has 1 aromatic carbocycles. The van der Waals surface area contributed by atoms with Crippen LogP contribution in [0.1, 0.15) is 6.42 Å². The fourth-order valence-corrected chi connectivity index (χ4v) is 2.05. The Morgan fingerprint density at radius 1 is 1.56 bits per heavy atom. The van der Waals surface area contributed by atoms with Crippen molar-refractivity contribution >= 4 is 33.2 Å². The Morgan fingerprint density at radius 3 is 2.81 bits per heavy atom. The van der Waals surface area contributed by atoms with Crippen molar-refractivity contribution in [3.63, 3.8) is 0 Å². The molecule has 0 saturated heterocycles. The molecule has 0 atom stereocenters. The number of hydrogen-bond acceptors (Lipinski definition) is 3. The average molecular weight is 286 g/mol. The first-order valence-corrected chi connectivity index (χ1v) is 5.80. The van der Waals surface area contributed by atoms with Crippen LogP contribution in [0, 0.1) is 0 Å². The second-order valence-corrected chi connectivity index (χ2v) is 4.41. The molecule has 0 aliphatic heterocycles. The van der Waals surface area contributed by atoms with Gasteiger partial charge in [0, 0.05) is 37.2 Å². The van der Waals surface area contributed by atoms with Gasteiger partial charge in [0.15, 0.2) is 0 Å². The van der Waals surface area contributed by atoms with Gasteiger partial charge >= 0.3 is 0 Å². The molecule has 1 amide bonds. The number of benzene rings is 1. The molecule has 1 aromatic rings. The van der Waals surface area contributed by atoms with Gasteiger partial charge in [-0.25, -0.2) is 0 Å². The van der Waals surface area contributed by atoms with Crippen LogP contribution in [0.3, 0.4) is 0 Å². The third kappa shape index (κ3) is 3.41. The lowest BCUT2D eigenvalue weighted by Gasteiger charge is -2.20. The maximum atomic E-state index is 11.1. The van der Waals surface area contributed by atoms with Crippen LogP contribution < -0.4 is 16.0 Å². The molecule has 3 N–H and O–H groups in total. The standard InChI is InChI=1S/C11H16BrN3O/c1-14-11(16)5-6-15(2)10-4-3-8(13)7-9(10)12/h3-4,7H,5-6,13H2,1-2H3,(H,14,16). The highest BCUT2D eigenvalue weighted by Crippen LogP contribution is 2.27. The summed E-state index contributed by atoms with van der Waals surface area (Å²) in [6.07, 6.45) is 0.476. The monoisotopic (exact) mass is 285 g/mol. The molecule has 88 valence electrons. The van der Waals surface area contributed by atoms with Crippen LogP contribution in [0.5, 0.6) is 0 Å². The first-order valence-electron chi connectivity index (χ1n) is 5.01. The average Bonchev–Trinajstić information content (AvgIpc) is 2.25. The summed E-state index contributed by atoms with van der Waals surface area (Å²) in [5.74, 6) is 0.0402. The second kappa shape index (κ2) is 5.75. The van der Waals surface area contributed by atoms with Gasteiger partial charge in [-0.1, -0.05) is 0 Å². The quantitative estimate of drug-likeness (QED) is 0.827. The predicted molar refractivity (Wildman–Crippen MR) is 70.5 cm³/mol. The van der Waals surface area contributed by atoms with E-state index in [0.717, 1.165) is 15.8 Å². The third-order valence-corrected chi connectivity index (χ3v) is 2.97. The molecule has 0 aliphatic carbocycles. The molecule has 1 rings (SSSR count). The summed E-state index contributed by atoms with van der Waals surface area (Å²) in [7, 11) is 3.58.